The van der Waals surface area contributed by atoms with Crippen molar-refractivity contribution in [2.45, 2.75) is 44.8 Å². The summed E-state index contributed by atoms with van der Waals surface area (Å²) in [6, 6.07) is 0. The minimum absolute atomic E-state index is 0.182. The first-order chi connectivity index (χ1) is 8.20. The predicted octanol–water partition coefficient (Wildman–Crippen LogP) is 2.18. The van der Waals surface area contributed by atoms with Crippen molar-refractivity contribution in [3.8, 4) is 0 Å². The van der Waals surface area contributed by atoms with Crippen LogP contribution in [0.2, 0.25) is 0 Å². The number of methoxy groups -OCH3 is 1. The average molecular weight is 237 g/mol. The first-order valence-electron chi connectivity index (χ1n) is 6.44. The molecule has 2 rings (SSSR count). The standard InChI is InChI=1S/C13H23N3O/c1-10-4-6-13(17-3,7-5-10)12-15-9-11(16-12)8-14-2/h9-10,14H,4-8H2,1-3H3,(H,15,16). The lowest BCUT2D eigenvalue weighted by Crippen LogP contribution is -2.34. The van der Waals surface area contributed by atoms with Gasteiger partial charge in [-0.1, -0.05) is 6.92 Å². The molecule has 1 heterocycles. The normalized spacial score (nSPS) is 29.5. The number of aromatic amines is 1. The Labute approximate surface area is 103 Å². The lowest BCUT2D eigenvalue weighted by Gasteiger charge is -2.36. The van der Waals surface area contributed by atoms with Crippen LogP contribution in [0.25, 0.3) is 0 Å². The minimum atomic E-state index is -0.182. The van der Waals surface area contributed by atoms with Crippen molar-refractivity contribution in [2.24, 2.45) is 5.92 Å². The van der Waals surface area contributed by atoms with Gasteiger partial charge in [-0.25, -0.2) is 4.98 Å². The fourth-order valence-electron chi connectivity index (χ4n) is 2.64. The smallest absolute Gasteiger partial charge is 0.138 e. The Morgan fingerprint density at radius 2 is 2.24 bits per heavy atom. The summed E-state index contributed by atoms with van der Waals surface area (Å²) in [7, 11) is 3.74. The van der Waals surface area contributed by atoms with Gasteiger partial charge in [0.25, 0.3) is 0 Å². The number of hydrogen-bond donors (Lipinski definition) is 2. The van der Waals surface area contributed by atoms with Gasteiger partial charge in [-0.15, -0.1) is 0 Å². The third kappa shape index (κ3) is 2.53. The highest BCUT2D eigenvalue weighted by Crippen LogP contribution is 2.40. The van der Waals surface area contributed by atoms with Crippen LogP contribution in [0, 0.1) is 5.92 Å². The van der Waals surface area contributed by atoms with Crippen molar-refractivity contribution in [3.05, 3.63) is 17.7 Å². The summed E-state index contributed by atoms with van der Waals surface area (Å²) in [6.07, 6.45) is 6.48. The van der Waals surface area contributed by atoms with Crippen LogP contribution in [0.15, 0.2) is 6.20 Å². The highest BCUT2D eigenvalue weighted by atomic mass is 16.5. The number of rotatable bonds is 4. The molecular weight excluding hydrogens is 214 g/mol. The Hall–Kier alpha value is -0.870. The molecule has 0 spiro atoms. The summed E-state index contributed by atoms with van der Waals surface area (Å²) in [6.45, 7) is 3.14. The maximum Gasteiger partial charge on any atom is 0.138 e. The highest BCUT2D eigenvalue weighted by molar-refractivity contribution is 5.10. The van der Waals surface area contributed by atoms with Gasteiger partial charge in [-0.3, -0.25) is 0 Å². The number of nitrogens with one attached hydrogen (secondary N) is 2. The van der Waals surface area contributed by atoms with Gasteiger partial charge < -0.3 is 15.0 Å². The number of hydrogen-bond acceptors (Lipinski definition) is 3. The molecule has 1 aliphatic carbocycles. The molecule has 96 valence electrons. The maximum atomic E-state index is 5.79. The van der Waals surface area contributed by atoms with Crippen LogP contribution in [0.4, 0.5) is 0 Å². The van der Waals surface area contributed by atoms with Gasteiger partial charge in [0.05, 0.1) is 0 Å². The number of aromatic nitrogens is 2. The molecule has 1 aromatic rings. The van der Waals surface area contributed by atoms with E-state index < -0.39 is 0 Å². The van der Waals surface area contributed by atoms with Gasteiger partial charge in [0, 0.05) is 25.5 Å². The molecule has 0 aliphatic heterocycles. The van der Waals surface area contributed by atoms with Gasteiger partial charge >= 0.3 is 0 Å². The largest absolute Gasteiger partial charge is 0.370 e. The number of nitrogens with zero attached hydrogens (tertiary/aromatic N) is 1. The number of ether oxygens (including phenoxy) is 1. The summed E-state index contributed by atoms with van der Waals surface area (Å²) in [4.78, 5) is 7.90. The Bertz CT molecular complexity index is 353. The molecular formula is C13H23N3O. The SMILES string of the molecule is CNCc1cnc(C2(OC)CCC(C)CC2)[nH]1. The first-order valence-corrected chi connectivity index (χ1v) is 6.44. The quantitative estimate of drug-likeness (QED) is 0.844. The zero-order valence-electron chi connectivity index (χ0n) is 11.0. The van der Waals surface area contributed by atoms with Gasteiger partial charge in [0.15, 0.2) is 0 Å². The van der Waals surface area contributed by atoms with Crippen molar-refractivity contribution < 1.29 is 4.74 Å². The Morgan fingerprint density at radius 1 is 1.53 bits per heavy atom. The molecule has 0 atom stereocenters. The molecule has 1 aromatic heterocycles. The first kappa shape index (κ1) is 12.6. The molecule has 4 nitrogen and oxygen atoms in total. The third-order valence-electron chi connectivity index (χ3n) is 3.90. The predicted molar refractivity (Wildman–Crippen MR) is 67.7 cm³/mol. The second kappa shape index (κ2) is 5.19. The molecule has 0 aromatic carbocycles. The van der Waals surface area contributed by atoms with Crippen LogP contribution in [0.3, 0.4) is 0 Å². The van der Waals surface area contributed by atoms with E-state index in [1.54, 1.807) is 7.11 Å². The Kier molecular flexibility index (Phi) is 3.84. The lowest BCUT2D eigenvalue weighted by atomic mass is 9.79. The summed E-state index contributed by atoms with van der Waals surface area (Å²) in [5, 5.41) is 3.13. The van der Waals surface area contributed by atoms with E-state index in [1.807, 2.05) is 13.2 Å². The summed E-state index contributed by atoms with van der Waals surface area (Å²) in [5.74, 6) is 1.81. The molecule has 0 amide bonds. The van der Waals surface area contributed by atoms with Crippen LogP contribution in [0.5, 0.6) is 0 Å². The van der Waals surface area contributed by atoms with E-state index in [-0.39, 0.29) is 5.60 Å². The van der Waals surface area contributed by atoms with Gasteiger partial charge in [-0.2, -0.15) is 0 Å². The molecule has 0 radical (unpaired) electrons. The van der Waals surface area contributed by atoms with E-state index in [0.717, 1.165) is 36.8 Å². The van der Waals surface area contributed by atoms with Crippen LogP contribution >= 0.6 is 0 Å². The van der Waals surface area contributed by atoms with Gasteiger partial charge in [0.2, 0.25) is 0 Å². The van der Waals surface area contributed by atoms with Crippen LogP contribution in [-0.4, -0.2) is 24.1 Å². The fraction of sp³-hybridized carbons (Fsp3) is 0.769. The monoisotopic (exact) mass is 237 g/mol. The van der Waals surface area contributed by atoms with E-state index >= 15 is 0 Å². The van der Waals surface area contributed by atoms with Crippen molar-refractivity contribution in [3.63, 3.8) is 0 Å². The lowest BCUT2D eigenvalue weighted by molar-refractivity contribution is -0.0592. The van der Waals surface area contributed by atoms with Crippen molar-refractivity contribution in [1.82, 2.24) is 15.3 Å². The molecule has 1 aliphatic rings. The molecule has 17 heavy (non-hydrogen) atoms. The van der Waals surface area contributed by atoms with Gasteiger partial charge in [0.1, 0.15) is 11.4 Å². The number of imidazole rings is 1. The highest BCUT2D eigenvalue weighted by Gasteiger charge is 2.38. The van der Waals surface area contributed by atoms with Gasteiger partial charge in [-0.05, 0) is 38.6 Å². The zero-order valence-corrected chi connectivity index (χ0v) is 11.0. The molecule has 0 unspecified atom stereocenters. The van der Waals surface area contributed by atoms with Crippen LogP contribution < -0.4 is 5.32 Å². The molecule has 1 saturated carbocycles. The summed E-state index contributed by atoms with van der Waals surface area (Å²) >= 11 is 0. The van der Waals surface area contributed by atoms with E-state index in [0.29, 0.717) is 0 Å². The molecule has 0 bridgehead atoms. The minimum Gasteiger partial charge on any atom is -0.370 e. The molecule has 0 saturated heterocycles. The van der Waals surface area contributed by atoms with Crippen molar-refractivity contribution in [2.75, 3.05) is 14.2 Å². The average Bonchev–Trinajstić information content (AvgIpc) is 2.80. The fourth-order valence-corrected chi connectivity index (χ4v) is 2.64. The maximum absolute atomic E-state index is 5.79. The topological polar surface area (TPSA) is 49.9 Å². The third-order valence-corrected chi connectivity index (χ3v) is 3.90. The second-order valence-electron chi connectivity index (χ2n) is 5.17. The van der Waals surface area contributed by atoms with E-state index in [4.69, 9.17) is 4.74 Å². The summed E-state index contributed by atoms with van der Waals surface area (Å²) < 4.78 is 5.79. The molecule has 4 heteroatoms. The summed E-state index contributed by atoms with van der Waals surface area (Å²) in [5.41, 5.74) is 0.941. The van der Waals surface area contributed by atoms with Crippen molar-refractivity contribution >= 4 is 0 Å². The number of H-pyrrole nitrogens is 1. The van der Waals surface area contributed by atoms with E-state index in [2.05, 4.69) is 22.2 Å². The van der Waals surface area contributed by atoms with E-state index in [1.165, 1.54) is 12.8 Å². The Morgan fingerprint density at radius 3 is 2.82 bits per heavy atom. The van der Waals surface area contributed by atoms with Crippen LogP contribution in [-0.2, 0) is 16.9 Å². The molecule has 1 fully saturated rings. The zero-order chi connectivity index (χ0) is 12.3. The second-order valence-corrected chi connectivity index (χ2v) is 5.17. The van der Waals surface area contributed by atoms with Crippen molar-refractivity contribution in [1.29, 1.82) is 0 Å². The Balaban J connectivity index is 2.16. The van der Waals surface area contributed by atoms with E-state index in [9.17, 15) is 0 Å². The molecule has 2 N–H and O–H groups in total. The van der Waals surface area contributed by atoms with Crippen LogP contribution in [0.1, 0.15) is 44.1 Å².